The average molecular weight is 290 g/mol. The molecule has 3 nitrogen and oxygen atoms in total. The molecule has 1 N–H and O–H groups in total. The minimum atomic E-state index is -0.435. The maximum atomic E-state index is 13.4. The molecular weight excluding hydrogens is 274 g/mol. The third kappa shape index (κ3) is 4.08. The predicted molar refractivity (Wildman–Crippen MR) is 76.9 cm³/mol. The van der Waals surface area contributed by atoms with Crippen LogP contribution in [0.4, 0.5) is 14.5 Å². The van der Waals surface area contributed by atoms with Gasteiger partial charge in [0, 0.05) is 24.2 Å². The number of hydrogen-bond donors (Lipinski definition) is 1. The summed E-state index contributed by atoms with van der Waals surface area (Å²) in [4.78, 5) is 15.6. The number of amides is 1. The molecule has 1 aromatic heterocycles. The van der Waals surface area contributed by atoms with Gasteiger partial charge in [0.05, 0.1) is 6.20 Å². The summed E-state index contributed by atoms with van der Waals surface area (Å²) in [7, 11) is 0. The van der Waals surface area contributed by atoms with Gasteiger partial charge in [-0.25, -0.2) is 8.78 Å². The van der Waals surface area contributed by atoms with Crippen LogP contribution >= 0.6 is 0 Å². The fourth-order valence-corrected chi connectivity index (χ4v) is 1.87. The van der Waals surface area contributed by atoms with Crippen molar-refractivity contribution in [1.29, 1.82) is 0 Å². The van der Waals surface area contributed by atoms with Gasteiger partial charge in [-0.05, 0) is 29.3 Å². The summed E-state index contributed by atoms with van der Waals surface area (Å²) >= 11 is 0. The van der Waals surface area contributed by atoms with Crippen LogP contribution < -0.4 is 5.32 Å². The van der Waals surface area contributed by atoms with Crippen LogP contribution in [0.5, 0.6) is 0 Å². The molecule has 5 heteroatoms. The Morgan fingerprint density at radius 3 is 2.62 bits per heavy atom. The summed E-state index contributed by atoms with van der Waals surface area (Å²) in [6.07, 6.45) is 3.02. The SMILES string of the molecule is CC(C)C(=O)Nc1cc(F)ccc1Cc1cncc(F)c1. The van der Waals surface area contributed by atoms with E-state index in [9.17, 15) is 13.6 Å². The molecule has 0 bridgehead atoms. The summed E-state index contributed by atoms with van der Waals surface area (Å²) in [5, 5.41) is 2.69. The van der Waals surface area contributed by atoms with Gasteiger partial charge in [-0.15, -0.1) is 0 Å². The van der Waals surface area contributed by atoms with Gasteiger partial charge in [-0.1, -0.05) is 19.9 Å². The van der Waals surface area contributed by atoms with Crippen LogP contribution in [0.3, 0.4) is 0 Å². The number of benzene rings is 1. The lowest BCUT2D eigenvalue weighted by atomic mass is 10.0. The lowest BCUT2D eigenvalue weighted by Crippen LogP contribution is -2.19. The van der Waals surface area contributed by atoms with Crippen molar-refractivity contribution in [2.45, 2.75) is 20.3 Å². The highest BCUT2D eigenvalue weighted by Crippen LogP contribution is 2.21. The van der Waals surface area contributed by atoms with Crippen molar-refractivity contribution in [3.05, 3.63) is 59.4 Å². The van der Waals surface area contributed by atoms with Crippen LogP contribution in [0.2, 0.25) is 0 Å². The fraction of sp³-hybridized carbons (Fsp3) is 0.250. The standard InChI is InChI=1S/C16H16F2N2O/c1-10(2)16(21)20-15-7-13(17)4-3-12(15)5-11-6-14(18)9-19-8-11/h3-4,6-10H,5H2,1-2H3,(H,20,21). The first-order valence-electron chi connectivity index (χ1n) is 6.64. The number of carbonyl (C=O) groups excluding carboxylic acids is 1. The van der Waals surface area contributed by atoms with E-state index in [4.69, 9.17) is 0 Å². The van der Waals surface area contributed by atoms with Crippen LogP contribution in [0.25, 0.3) is 0 Å². The van der Waals surface area contributed by atoms with E-state index < -0.39 is 11.6 Å². The Balaban J connectivity index is 2.28. The van der Waals surface area contributed by atoms with E-state index in [0.29, 0.717) is 23.2 Å². The molecule has 1 heterocycles. The van der Waals surface area contributed by atoms with Gasteiger partial charge in [0.1, 0.15) is 11.6 Å². The van der Waals surface area contributed by atoms with Gasteiger partial charge < -0.3 is 5.32 Å². The summed E-state index contributed by atoms with van der Waals surface area (Å²) in [6, 6.07) is 5.52. The fourth-order valence-electron chi connectivity index (χ4n) is 1.87. The van der Waals surface area contributed by atoms with Crippen molar-refractivity contribution in [3.63, 3.8) is 0 Å². The van der Waals surface area contributed by atoms with Crippen LogP contribution in [0.1, 0.15) is 25.0 Å². The lowest BCUT2D eigenvalue weighted by molar-refractivity contribution is -0.118. The van der Waals surface area contributed by atoms with E-state index in [0.717, 1.165) is 6.20 Å². The van der Waals surface area contributed by atoms with E-state index in [1.54, 1.807) is 26.1 Å². The zero-order valence-corrected chi connectivity index (χ0v) is 11.9. The zero-order chi connectivity index (χ0) is 15.4. The maximum Gasteiger partial charge on any atom is 0.226 e. The van der Waals surface area contributed by atoms with Crippen molar-refractivity contribution < 1.29 is 13.6 Å². The van der Waals surface area contributed by atoms with Crippen LogP contribution in [0, 0.1) is 17.6 Å². The van der Waals surface area contributed by atoms with Gasteiger partial charge in [-0.2, -0.15) is 0 Å². The summed E-state index contributed by atoms with van der Waals surface area (Å²) in [5.41, 5.74) is 1.76. The molecule has 2 aromatic rings. The lowest BCUT2D eigenvalue weighted by Gasteiger charge is -2.13. The van der Waals surface area contributed by atoms with Crippen LogP contribution in [0.15, 0.2) is 36.7 Å². The number of hydrogen-bond acceptors (Lipinski definition) is 2. The Morgan fingerprint density at radius 1 is 1.19 bits per heavy atom. The largest absolute Gasteiger partial charge is 0.325 e. The van der Waals surface area contributed by atoms with Gasteiger partial charge in [0.2, 0.25) is 5.91 Å². The van der Waals surface area contributed by atoms with Crippen molar-refractivity contribution in [2.24, 2.45) is 5.92 Å². The highest BCUT2D eigenvalue weighted by Gasteiger charge is 2.12. The normalized spacial score (nSPS) is 10.7. The summed E-state index contributed by atoms with van der Waals surface area (Å²) in [5.74, 6) is -1.27. The van der Waals surface area contributed by atoms with Gasteiger partial charge in [0.15, 0.2) is 0 Å². The Hall–Kier alpha value is -2.30. The molecule has 0 fully saturated rings. The Bertz CT molecular complexity index is 656. The molecule has 0 saturated heterocycles. The molecule has 0 spiro atoms. The molecule has 0 saturated carbocycles. The number of anilines is 1. The molecule has 0 atom stereocenters. The minimum absolute atomic E-state index is 0.195. The number of nitrogens with one attached hydrogen (secondary N) is 1. The molecule has 2 rings (SSSR count). The van der Waals surface area contributed by atoms with Gasteiger partial charge in [-0.3, -0.25) is 9.78 Å². The number of rotatable bonds is 4. The van der Waals surface area contributed by atoms with E-state index in [1.807, 2.05) is 0 Å². The number of pyridine rings is 1. The molecule has 1 aromatic carbocycles. The Kier molecular flexibility index (Phi) is 4.62. The summed E-state index contributed by atoms with van der Waals surface area (Å²) in [6.45, 7) is 3.51. The Morgan fingerprint density at radius 2 is 1.95 bits per heavy atom. The zero-order valence-electron chi connectivity index (χ0n) is 11.9. The summed E-state index contributed by atoms with van der Waals surface area (Å²) < 4.78 is 26.5. The highest BCUT2D eigenvalue weighted by atomic mass is 19.1. The molecule has 0 aliphatic rings. The minimum Gasteiger partial charge on any atom is -0.325 e. The molecule has 0 radical (unpaired) electrons. The molecule has 0 unspecified atom stereocenters. The average Bonchev–Trinajstić information content (AvgIpc) is 2.41. The number of halogens is 2. The first-order valence-corrected chi connectivity index (χ1v) is 6.64. The number of carbonyl (C=O) groups is 1. The second-order valence-electron chi connectivity index (χ2n) is 5.13. The van der Waals surface area contributed by atoms with Crippen molar-refractivity contribution in [1.82, 2.24) is 4.98 Å². The maximum absolute atomic E-state index is 13.4. The van der Waals surface area contributed by atoms with Crippen LogP contribution in [-0.4, -0.2) is 10.9 Å². The molecule has 0 aliphatic heterocycles. The van der Waals surface area contributed by atoms with E-state index in [-0.39, 0.29) is 11.8 Å². The smallest absolute Gasteiger partial charge is 0.226 e. The van der Waals surface area contributed by atoms with E-state index >= 15 is 0 Å². The second-order valence-corrected chi connectivity index (χ2v) is 5.13. The van der Waals surface area contributed by atoms with Crippen molar-refractivity contribution in [3.8, 4) is 0 Å². The van der Waals surface area contributed by atoms with Gasteiger partial charge in [0.25, 0.3) is 0 Å². The molecule has 21 heavy (non-hydrogen) atoms. The molecule has 1 amide bonds. The Labute approximate surface area is 122 Å². The number of nitrogens with zero attached hydrogens (tertiary/aromatic N) is 1. The van der Waals surface area contributed by atoms with Crippen LogP contribution in [-0.2, 0) is 11.2 Å². The monoisotopic (exact) mass is 290 g/mol. The van der Waals surface area contributed by atoms with E-state index in [1.165, 1.54) is 18.2 Å². The first-order chi connectivity index (χ1) is 9.95. The van der Waals surface area contributed by atoms with E-state index in [2.05, 4.69) is 10.3 Å². The molecule has 0 aliphatic carbocycles. The molecule has 110 valence electrons. The third-order valence-corrected chi connectivity index (χ3v) is 3.01. The second kappa shape index (κ2) is 6.43. The third-order valence-electron chi connectivity index (χ3n) is 3.01. The highest BCUT2D eigenvalue weighted by molar-refractivity contribution is 5.92. The quantitative estimate of drug-likeness (QED) is 0.935. The first kappa shape index (κ1) is 15.1. The van der Waals surface area contributed by atoms with Crippen molar-refractivity contribution in [2.75, 3.05) is 5.32 Å². The van der Waals surface area contributed by atoms with Gasteiger partial charge >= 0.3 is 0 Å². The van der Waals surface area contributed by atoms with Crippen molar-refractivity contribution >= 4 is 11.6 Å². The molecular formula is C16H16F2N2O. The predicted octanol–water partition coefficient (Wildman–Crippen LogP) is 3.55. The number of aromatic nitrogens is 1. The topological polar surface area (TPSA) is 42.0 Å².